The van der Waals surface area contributed by atoms with E-state index in [4.69, 9.17) is 11.5 Å². The van der Waals surface area contributed by atoms with Crippen molar-refractivity contribution in [3.8, 4) is 0 Å². The molecule has 1 rings (SSSR count). The molecule has 0 aliphatic heterocycles. The Morgan fingerprint density at radius 2 is 2.00 bits per heavy atom. The van der Waals surface area contributed by atoms with Crippen LogP contribution in [0.1, 0.15) is 32.9 Å². The molecule has 0 aliphatic carbocycles. The molecule has 21 heavy (non-hydrogen) atoms. The summed E-state index contributed by atoms with van der Waals surface area (Å²) in [7, 11) is 1.14. The largest absolute Gasteiger partial charge is 0.465 e. The molecule has 0 radical (unpaired) electrons. The Morgan fingerprint density at radius 3 is 2.48 bits per heavy atom. The second-order valence-electron chi connectivity index (χ2n) is 4.05. The Kier molecular flexibility index (Phi) is 5.41. The molecule has 10 heteroatoms. The van der Waals surface area contributed by atoms with Crippen LogP contribution in [-0.2, 0) is 4.74 Å². The zero-order valence-electron chi connectivity index (χ0n) is 11.0. The molecule has 5 N–H and O–H groups in total. The number of esters is 1. The summed E-state index contributed by atoms with van der Waals surface area (Å²) in [5, 5.41) is 2.79. The molecular weight excluding hydrogens is 311 g/mol. The van der Waals surface area contributed by atoms with Gasteiger partial charge in [-0.15, -0.1) is 11.3 Å². The van der Waals surface area contributed by atoms with Crippen LogP contribution in [0.25, 0.3) is 0 Å². The van der Waals surface area contributed by atoms with Crippen LogP contribution in [0.15, 0.2) is 0 Å². The van der Waals surface area contributed by atoms with E-state index in [1.165, 1.54) is 0 Å². The molecule has 0 saturated carbocycles. The number of hydrogen-bond acceptors (Lipinski definition) is 6. The highest BCUT2D eigenvalue weighted by Gasteiger charge is 2.27. The fraction of sp³-hybridized carbons (Fsp3) is 0.455. The lowest BCUT2D eigenvalue weighted by Crippen LogP contribution is -2.16. The van der Waals surface area contributed by atoms with Gasteiger partial charge in [-0.1, -0.05) is 0 Å². The average Bonchev–Trinajstić information content (AvgIpc) is 2.69. The molecule has 6 nitrogen and oxygen atoms in total. The molecule has 1 amide bonds. The molecule has 0 bridgehead atoms. The number of primary amides is 1. The van der Waals surface area contributed by atoms with E-state index in [0.29, 0.717) is 0 Å². The number of methoxy groups -OCH3 is 1. The Labute approximate surface area is 122 Å². The summed E-state index contributed by atoms with van der Waals surface area (Å²) in [5.41, 5.74) is 10.5. The maximum Gasteiger partial charge on any atom is 0.389 e. The van der Waals surface area contributed by atoms with Crippen molar-refractivity contribution < 1.29 is 27.5 Å². The summed E-state index contributed by atoms with van der Waals surface area (Å²) in [6.45, 7) is -0.0413. The van der Waals surface area contributed by atoms with Crippen LogP contribution in [0.2, 0.25) is 0 Å². The van der Waals surface area contributed by atoms with Crippen molar-refractivity contribution in [2.75, 3.05) is 24.7 Å². The fourth-order valence-corrected chi connectivity index (χ4v) is 2.62. The number of nitrogens with one attached hydrogen (secondary N) is 1. The zero-order valence-corrected chi connectivity index (χ0v) is 11.9. The molecule has 0 aromatic carbocycles. The Hall–Kier alpha value is -1.97. The third kappa shape index (κ3) is 4.52. The predicted octanol–water partition coefficient (Wildman–Crippen LogP) is 1.97. The molecule has 118 valence electrons. The number of rotatable bonds is 6. The molecule has 1 heterocycles. The number of anilines is 2. The lowest BCUT2D eigenvalue weighted by molar-refractivity contribution is -0.134. The van der Waals surface area contributed by atoms with E-state index < -0.39 is 24.5 Å². The van der Waals surface area contributed by atoms with Crippen molar-refractivity contribution in [2.24, 2.45) is 5.73 Å². The van der Waals surface area contributed by atoms with Crippen molar-refractivity contribution in [3.63, 3.8) is 0 Å². The lowest BCUT2D eigenvalue weighted by Gasteiger charge is -2.08. The highest BCUT2D eigenvalue weighted by atomic mass is 32.1. The minimum absolute atomic E-state index is 0.0235. The van der Waals surface area contributed by atoms with Gasteiger partial charge in [0.25, 0.3) is 5.91 Å². The maximum absolute atomic E-state index is 12.0. The fourth-order valence-electron chi connectivity index (χ4n) is 1.55. The minimum atomic E-state index is -4.25. The first kappa shape index (κ1) is 17.1. The first-order valence-electron chi connectivity index (χ1n) is 5.78. The SMILES string of the molecule is COC(=O)c1sc(NCCCC(F)(F)F)c(C(N)=O)c1N. The highest BCUT2D eigenvalue weighted by molar-refractivity contribution is 7.19. The van der Waals surface area contributed by atoms with E-state index in [9.17, 15) is 22.8 Å². The highest BCUT2D eigenvalue weighted by Crippen LogP contribution is 2.36. The van der Waals surface area contributed by atoms with E-state index in [1.54, 1.807) is 0 Å². The van der Waals surface area contributed by atoms with Gasteiger partial charge >= 0.3 is 12.1 Å². The number of amides is 1. The standard InChI is InChI=1S/C11H14F3N3O3S/c1-20-10(19)7-6(15)5(8(16)18)9(21-7)17-4-2-3-11(12,13)14/h17H,2-4,15H2,1H3,(H2,16,18). The van der Waals surface area contributed by atoms with Crippen LogP contribution in [-0.4, -0.2) is 31.7 Å². The molecule has 0 unspecified atom stereocenters. The Bertz CT molecular complexity index is 543. The van der Waals surface area contributed by atoms with E-state index in [0.717, 1.165) is 18.4 Å². The number of thiophene rings is 1. The first-order valence-corrected chi connectivity index (χ1v) is 6.60. The molecule has 0 atom stereocenters. The van der Waals surface area contributed by atoms with Gasteiger partial charge in [-0.05, 0) is 6.42 Å². The number of nitrogen functional groups attached to an aromatic ring is 1. The van der Waals surface area contributed by atoms with E-state index in [2.05, 4.69) is 10.1 Å². The number of ether oxygens (including phenoxy) is 1. The van der Waals surface area contributed by atoms with Gasteiger partial charge in [0, 0.05) is 13.0 Å². The molecule has 1 aromatic heterocycles. The Balaban J connectivity index is 2.86. The van der Waals surface area contributed by atoms with Gasteiger partial charge in [0.05, 0.1) is 18.4 Å². The third-order valence-electron chi connectivity index (χ3n) is 2.48. The van der Waals surface area contributed by atoms with Crippen LogP contribution in [0.3, 0.4) is 0 Å². The van der Waals surface area contributed by atoms with Crippen molar-refractivity contribution in [1.82, 2.24) is 0 Å². The Morgan fingerprint density at radius 1 is 1.38 bits per heavy atom. The van der Waals surface area contributed by atoms with Gasteiger partial charge < -0.3 is 21.5 Å². The van der Waals surface area contributed by atoms with Gasteiger partial charge in [-0.3, -0.25) is 4.79 Å². The molecule has 0 spiro atoms. The number of nitrogens with two attached hydrogens (primary N) is 2. The lowest BCUT2D eigenvalue weighted by atomic mass is 10.2. The number of hydrogen-bond donors (Lipinski definition) is 3. The van der Waals surface area contributed by atoms with Crippen molar-refractivity contribution >= 4 is 33.9 Å². The number of carbonyl (C=O) groups excluding carboxylic acids is 2. The first-order chi connectivity index (χ1) is 9.67. The maximum atomic E-state index is 12.0. The van der Waals surface area contributed by atoms with Crippen molar-refractivity contribution in [3.05, 3.63) is 10.4 Å². The number of alkyl halides is 3. The zero-order chi connectivity index (χ0) is 16.2. The average molecular weight is 325 g/mol. The monoisotopic (exact) mass is 325 g/mol. The van der Waals surface area contributed by atoms with E-state index in [1.807, 2.05) is 0 Å². The van der Waals surface area contributed by atoms with Crippen molar-refractivity contribution in [1.29, 1.82) is 0 Å². The van der Waals surface area contributed by atoms with Crippen LogP contribution in [0.4, 0.5) is 23.9 Å². The summed E-state index contributed by atoms with van der Waals surface area (Å²) in [4.78, 5) is 22.8. The van der Waals surface area contributed by atoms with Gasteiger partial charge in [-0.25, -0.2) is 4.79 Å². The normalized spacial score (nSPS) is 11.2. The summed E-state index contributed by atoms with van der Waals surface area (Å²) in [6, 6.07) is 0. The molecule has 0 fully saturated rings. The molecule has 1 aromatic rings. The molecule has 0 saturated heterocycles. The van der Waals surface area contributed by atoms with Crippen LogP contribution < -0.4 is 16.8 Å². The molecular formula is C11H14F3N3O3S. The smallest absolute Gasteiger partial charge is 0.389 e. The quantitative estimate of drug-likeness (QED) is 0.547. The van der Waals surface area contributed by atoms with Gasteiger partial charge in [-0.2, -0.15) is 13.2 Å². The summed E-state index contributed by atoms with van der Waals surface area (Å²) >= 11 is 0.812. The van der Waals surface area contributed by atoms with Crippen LogP contribution >= 0.6 is 11.3 Å². The summed E-state index contributed by atoms with van der Waals surface area (Å²) in [6.07, 6.45) is -5.40. The second kappa shape index (κ2) is 6.66. The second-order valence-corrected chi connectivity index (χ2v) is 5.07. The minimum Gasteiger partial charge on any atom is -0.465 e. The van der Waals surface area contributed by atoms with Gasteiger partial charge in [0.15, 0.2) is 0 Å². The van der Waals surface area contributed by atoms with Gasteiger partial charge in [0.2, 0.25) is 0 Å². The van der Waals surface area contributed by atoms with Crippen molar-refractivity contribution in [2.45, 2.75) is 19.0 Å². The predicted molar refractivity (Wildman–Crippen MR) is 72.4 cm³/mol. The topological polar surface area (TPSA) is 107 Å². The van der Waals surface area contributed by atoms with E-state index in [-0.39, 0.29) is 34.1 Å². The molecule has 0 aliphatic rings. The van der Waals surface area contributed by atoms with Crippen LogP contribution in [0, 0.1) is 0 Å². The van der Waals surface area contributed by atoms with Crippen LogP contribution in [0.5, 0.6) is 0 Å². The third-order valence-corrected chi connectivity index (χ3v) is 3.63. The summed E-state index contributed by atoms with van der Waals surface area (Å²) in [5.74, 6) is -1.62. The van der Waals surface area contributed by atoms with E-state index >= 15 is 0 Å². The number of halogens is 3. The summed E-state index contributed by atoms with van der Waals surface area (Å²) < 4.78 is 40.6. The number of carbonyl (C=O) groups is 2. The van der Waals surface area contributed by atoms with Gasteiger partial charge in [0.1, 0.15) is 9.88 Å².